The molecular formula is C15H24N2OS. The molecule has 3 nitrogen and oxygen atoms in total. The standard InChI is InChI=1S/C15H24N2OS/c1-19-12-11-16(17-10-8-15(18)13-17)9-7-14-5-3-2-4-6-14/h2-6,15,18H,7-13H2,1H3/t15-/m0/s1. The van der Waals surface area contributed by atoms with Crippen LogP contribution < -0.4 is 0 Å². The number of β-amino-alcohol motifs (C(OH)–C–C–N with tert-alkyl or cyclic N) is 1. The number of aliphatic hydroxyl groups excluding tert-OH is 1. The summed E-state index contributed by atoms with van der Waals surface area (Å²) in [5, 5.41) is 14.4. The third-order valence-corrected chi connectivity index (χ3v) is 4.19. The molecule has 4 heteroatoms. The molecule has 1 aliphatic rings. The van der Waals surface area contributed by atoms with Gasteiger partial charge in [-0.1, -0.05) is 30.3 Å². The first kappa shape index (κ1) is 14.9. The minimum absolute atomic E-state index is 0.145. The lowest BCUT2D eigenvalue weighted by atomic mass is 10.1. The van der Waals surface area contributed by atoms with Crippen molar-refractivity contribution in [2.75, 3.05) is 38.2 Å². The van der Waals surface area contributed by atoms with Crippen LogP contribution in [0.15, 0.2) is 30.3 Å². The number of rotatable bonds is 7. The fourth-order valence-electron chi connectivity index (χ4n) is 2.47. The largest absolute Gasteiger partial charge is 0.392 e. The van der Waals surface area contributed by atoms with Crippen LogP contribution in [-0.4, -0.2) is 59.4 Å². The average molecular weight is 280 g/mol. The zero-order valence-electron chi connectivity index (χ0n) is 11.7. The first-order valence-corrected chi connectivity index (χ1v) is 8.39. The first-order chi connectivity index (χ1) is 9.29. The van der Waals surface area contributed by atoms with Crippen molar-refractivity contribution in [3.63, 3.8) is 0 Å². The van der Waals surface area contributed by atoms with Gasteiger partial charge in [0.1, 0.15) is 0 Å². The van der Waals surface area contributed by atoms with Crippen molar-refractivity contribution in [1.29, 1.82) is 0 Å². The summed E-state index contributed by atoms with van der Waals surface area (Å²) in [7, 11) is 0. The topological polar surface area (TPSA) is 26.7 Å². The summed E-state index contributed by atoms with van der Waals surface area (Å²) < 4.78 is 0. The van der Waals surface area contributed by atoms with Crippen LogP contribution in [0, 0.1) is 0 Å². The predicted molar refractivity (Wildman–Crippen MR) is 82.3 cm³/mol. The molecule has 1 saturated heterocycles. The van der Waals surface area contributed by atoms with Crippen molar-refractivity contribution in [3.8, 4) is 0 Å². The Balaban J connectivity index is 1.86. The minimum Gasteiger partial charge on any atom is -0.392 e. The van der Waals surface area contributed by atoms with Crippen LogP contribution in [0.3, 0.4) is 0 Å². The van der Waals surface area contributed by atoms with Crippen molar-refractivity contribution < 1.29 is 5.11 Å². The van der Waals surface area contributed by atoms with Gasteiger partial charge in [-0.3, -0.25) is 0 Å². The smallest absolute Gasteiger partial charge is 0.0694 e. The molecule has 0 saturated carbocycles. The molecule has 1 heterocycles. The molecule has 1 aliphatic heterocycles. The lowest BCUT2D eigenvalue weighted by molar-refractivity contribution is -0.00663. The predicted octanol–water partition coefficient (Wildman–Crippen LogP) is 1.88. The van der Waals surface area contributed by atoms with Gasteiger partial charge in [-0.25, -0.2) is 10.0 Å². The summed E-state index contributed by atoms with van der Waals surface area (Å²) >= 11 is 1.88. The summed E-state index contributed by atoms with van der Waals surface area (Å²) in [6.45, 7) is 3.89. The van der Waals surface area contributed by atoms with E-state index in [1.54, 1.807) is 0 Å². The van der Waals surface area contributed by atoms with Gasteiger partial charge in [0.15, 0.2) is 0 Å². The minimum atomic E-state index is -0.145. The number of nitrogens with zero attached hydrogens (tertiary/aromatic N) is 2. The van der Waals surface area contributed by atoms with Gasteiger partial charge in [0, 0.05) is 31.9 Å². The third-order valence-electron chi connectivity index (χ3n) is 3.60. The highest BCUT2D eigenvalue weighted by atomic mass is 32.2. The molecule has 1 aromatic carbocycles. The van der Waals surface area contributed by atoms with E-state index in [9.17, 15) is 5.11 Å². The van der Waals surface area contributed by atoms with Crippen LogP contribution >= 0.6 is 11.8 Å². The Morgan fingerprint density at radius 3 is 2.74 bits per heavy atom. The van der Waals surface area contributed by atoms with E-state index in [1.807, 2.05) is 11.8 Å². The Bertz CT molecular complexity index is 360. The van der Waals surface area contributed by atoms with E-state index in [1.165, 1.54) is 5.56 Å². The number of hydrazine groups is 1. The Morgan fingerprint density at radius 2 is 2.11 bits per heavy atom. The van der Waals surface area contributed by atoms with Crippen molar-refractivity contribution >= 4 is 11.8 Å². The van der Waals surface area contributed by atoms with Gasteiger partial charge in [0.2, 0.25) is 0 Å². The van der Waals surface area contributed by atoms with Crippen LogP contribution in [-0.2, 0) is 6.42 Å². The molecular weight excluding hydrogens is 256 g/mol. The van der Waals surface area contributed by atoms with E-state index >= 15 is 0 Å². The summed E-state index contributed by atoms with van der Waals surface area (Å²) in [5.41, 5.74) is 1.39. The van der Waals surface area contributed by atoms with Crippen LogP contribution in [0.1, 0.15) is 12.0 Å². The molecule has 1 fully saturated rings. The van der Waals surface area contributed by atoms with E-state index < -0.39 is 0 Å². The Kier molecular flexibility index (Phi) is 6.17. The molecule has 1 atom stereocenters. The van der Waals surface area contributed by atoms with E-state index in [0.29, 0.717) is 0 Å². The molecule has 0 spiro atoms. The lowest BCUT2D eigenvalue weighted by Crippen LogP contribution is -2.44. The molecule has 0 amide bonds. The second-order valence-corrected chi connectivity index (χ2v) is 6.02. The SMILES string of the molecule is CSCCN(CCc1ccccc1)N1CC[C@H](O)C1. The molecule has 0 bridgehead atoms. The van der Waals surface area contributed by atoms with Crippen LogP contribution in [0.2, 0.25) is 0 Å². The number of hydrogen-bond donors (Lipinski definition) is 1. The normalized spacial score (nSPS) is 20.3. The molecule has 1 N–H and O–H groups in total. The van der Waals surface area contributed by atoms with E-state index in [4.69, 9.17) is 0 Å². The van der Waals surface area contributed by atoms with Crippen molar-refractivity contribution in [2.45, 2.75) is 18.9 Å². The number of hydrogen-bond acceptors (Lipinski definition) is 4. The summed E-state index contributed by atoms with van der Waals surface area (Å²) in [6, 6.07) is 10.6. The number of benzene rings is 1. The van der Waals surface area contributed by atoms with Gasteiger partial charge in [-0.05, 0) is 24.7 Å². The van der Waals surface area contributed by atoms with Gasteiger partial charge in [0.25, 0.3) is 0 Å². The molecule has 0 radical (unpaired) electrons. The van der Waals surface area contributed by atoms with E-state index in [0.717, 1.165) is 44.8 Å². The van der Waals surface area contributed by atoms with E-state index in [2.05, 4.69) is 46.6 Å². The molecule has 0 aromatic heterocycles. The Morgan fingerprint density at radius 1 is 1.32 bits per heavy atom. The van der Waals surface area contributed by atoms with Crippen molar-refractivity contribution in [1.82, 2.24) is 10.0 Å². The number of aliphatic hydroxyl groups is 1. The quantitative estimate of drug-likeness (QED) is 0.825. The molecule has 0 aliphatic carbocycles. The molecule has 0 unspecified atom stereocenters. The Labute approximate surface area is 120 Å². The lowest BCUT2D eigenvalue weighted by Gasteiger charge is -2.31. The maximum atomic E-state index is 9.69. The van der Waals surface area contributed by atoms with Gasteiger partial charge >= 0.3 is 0 Å². The molecule has 19 heavy (non-hydrogen) atoms. The van der Waals surface area contributed by atoms with E-state index in [-0.39, 0.29) is 6.10 Å². The summed E-state index contributed by atoms with van der Waals surface area (Å²) in [4.78, 5) is 0. The second-order valence-electron chi connectivity index (χ2n) is 5.04. The van der Waals surface area contributed by atoms with Crippen LogP contribution in [0.25, 0.3) is 0 Å². The van der Waals surface area contributed by atoms with Crippen LogP contribution in [0.5, 0.6) is 0 Å². The zero-order chi connectivity index (χ0) is 13.5. The fraction of sp³-hybridized carbons (Fsp3) is 0.600. The van der Waals surface area contributed by atoms with Gasteiger partial charge < -0.3 is 5.11 Å². The number of thioether (sulfide) groups is 1. The fourth-order valence-corrected chi connectivity index (χ4v) is 2.87. The van der Waals surface area contributed by atoms with Gasteiger partial charge in [-0.2, -0.15) is 11.8 Å². The third kappa shape index (κ3) is 4.80. The van der Waals surface area contributed by atoms with Crippen molar-refractivity contribution in [2.24, 2.45) is 0 Å². The highest BCUT2D eigenvalue weighted by Gasteiger charge is 2.24. The molecule has 106 valence electrons. The maximum absolute atomic E-state index is 9.69. The summed E-state index contributed by atoms with van der Waals surface area (Å²) in [5.74, 6) is 1.14. The Hall–Kier alpha value is -0.550. The second kappa shape index (κ2) is 7.90. The van der Waals surface area contributed by atoms with Gasteiger partial charge in [0.05, 0.1) is 6.10 Å². The monoisotopic (exact) mass is 280 g/mol. The molecule has 2 rings (SSSR count). The first-order valence-electron chi connectivity index (χ1n) is 7.00. The highest BCUT2D eigenvalue weighted by molar-refractivity contribution is 7.98. The maximum Gasteiger partial charge on any atom is 0.0694 e. The van der Waals surface area contributed by atoms with Crippen LogP contribution in [0.4, 0.5) is 0 Å². The molecule has 1 aromatic rings. The van der Waals surface area contributed by atoms with Gasteiger partial charge in [-0.15, -0.1) is 0 Å². The highest BCUT2D eigenvalue weighted by Crippen LogP contribution is 2.13. The zero-order valence-corrected chi connectivity index (χ0v) is 12.5. The average Bonchev–Trinajstić information content (AvgIpc) is 2.86. The van der Waals surface area contributed by atoms with Crippen molar-refractivity contribution in [3.05, 3.63) is 35.9 Å². The summed E-state index contributed by atoms with van der Waals surface area (Å²) in [6.07, 6.45) is 3.98.